The van der Waals surface area contributed by atoms with Crippen LogP contribution in [0.25, 0.3) is 11.5 Å². The molecule has 8 heteroatoms. The summed E-state index contributed by atoms with van der Waals surface area (Å²) in [5.41, 5.74) is 6.29. The van der Waals surface area contributed by atoms with Crippen molar-refractivity contribution in [1.82, 2.24) is 18.9 Å². The molecule has 3 aromatic heterocycles. The second-order valence-electron chi connectivity index (χ2n) is 4.30. The summed E-state index contributed by atoms with van der Waals surface area (Å²) in [5, 5.41) is 0. The van der Waals surface area contributed by atoms with Gasteiger partial charge in [-0.3, -0.25) is 4.40 Å². The fraction of sp³-hybridized carbons (Fsp3) is 0.154. The summed E-state index contributed by atoms with van der Waals surface area (Å²) < 4.78 is 2.91. The van der Waals surface area contributed by atoms with Gasteiger partial charge in [-0.05, 0) is 31.2 Å². The third kappa shape index (κ3) is 2.92. The Balaban J connectivity index is 0.00000110. The number of pyridine rings is 1. The number of halogens is 2. The van der Waals surface area contributed by atoms with Crippen molar-refractivity contribution in [2.45, 2.75) is 13.0 Å². The standard InChI is InChI=1S/C13H13N5O.2ClH/c1-9(14)12-16-11-6-4-8-17(11)13(19)18(12)10-5-2-3-7-15-10;;/h2-9H,14H2,1H3;2*1H. The molecule has 0 saturated carbocycles. The molecule has 0 saturated heterocycles. The van der Waals surface area contributed by atoms with Crippen molar-refractivity contribution in [3.8, 4) is 5.82 Å². The first-order valence-electron chi connectivity index (χ1n) is 5.95. The van der Waals surface area contributed by atoms with E-state index in [-0.39, 0.29) is 36.5 Å². The maximum Gasteiger partial charge on any atom is 0.341 e. The molecule has 3 aromatic rings. The van der Waals surface area contributed by atoms with Gasteiger partial charge in [-0.1, -0.05) is 6.07 Å². The van der Waals surface area contributed by atoms with Gasteiger partial charge in [0.15, 0.2) is 0 Å². The van der Waals surface area contributed by atoms with Gasteiger partial charge >= 0.3 is 5.69 Å². The van der Waals surface area contributed by atoms with Crippen molar-refractivity contribution < 1.29 is 0 Å². The van der Waals surface area contributed by atoms with Crippen LogP contribution >= 0.6 is 24.8 Å². The van der Waals surface area contributed by atoms with Gasteiger partial charge in [0.2, 0.25) is 0 Å². The van der Waals surface area contributed by atoms with Crippen molar-refractivity contribution in [2.24, 2.45) is 5.73 Å². The van der Waals surface area contributed by atoms with Gasteiger partial charge in [-0.15, -0.1) is 24.8 Å². The SMILES string of the molecule is CC(N)c1nc2cccn2c(=O)n1-c1ccccn1.Cl.Cl. The largest absolute Gasteiger partial charge is 0.341 e. The van der Waals surface area contributed by atoms with E-state index in [1.165, 1.54) is 8.97 Å². The Morgan fingerprint density at radius 1 is 1.19 bits per heavy atom. The van der Waals surface area contributed by atoms with Crippen molar-refractivity contribution >= 4 is 30.5 Å². The summed E-state index contributed by atoms with van der Waals surface area (Å²) >= 11 is 0. The number of aromatic nitrogens is 4. The molecular formula is C13H15Cl2N5O. The van der Waals surface area contributed by atoms with Crippen molar-refractivity contribution in [1.29, 1.82) is 0 Å². The summed E-state index contributed by atoms with van der Waals surface area (Å²) in [7, 11) is 0. The molecule has 0 amide bonds. The van der Waals surface area contributed by atoms with Crippen LogP contribution in [-0.4, -0.2) is 18.9 Å². The van der Waals surface area contributed by atoms with E-state index in [2.05, 4.69) is 9.97 Å². The van der Waals surface area contributed by atoms with Crippen LogP contribution in [0.1, 0.15) is 18.8 Å². The van der Waals surface area contributed by atoms with Gasteiger partial charge in [0.05, 0.1) is 6.04 Å². The quantitative estimate of drug-likeness (QED) is 0.777. The Morgan fingerprint density at radius 2 is 1.95 bits per heavy atom. The Morgan fingerprint density at radius 3 is 2.57 bits per heavy atom. The number of hydrogen-bond acceptors (Lipinski definition) is 4. The van der Waals surface area contributed by atoms with Gasteiger partial charge in [-0.2, -0.15) is 0 Å². The fourth-order valence-corrected chi connectivity index (χ4v) is 2.00. The van der Waals surface area contributed by atoms with E-state index in [0.29, 0.717) is 17.3 Å². The molecular weight excluding hydrogens is 313 g/mol. The van der Waals surface area contributed by atoms with E-state index in [1.807, 2.05) is 6.07 Å². The lowest BCUT2D eigenvalue weighted by Crippen LogP contribution is -2.32. The van der Waals surface area contributed by atoms with Gasteiger partial charge in [0, 0.05) is 12.4 Å². The van der Waals surface area contributed by atoms with E-state index < -0.39 is 0 Å². The second-order valence-corrected chi connectivity index (χ2v) is 4.30. The topological polar surface area (TPSA) is 78.2 Å². The van der Waals surface area contributed by atoms with Crippen LogP contribution in [0.5, 0.6) is 0 Å². The van der Waals surface area contributed by atoms with Gasteiger partial charge < -0.3 is 5.73 Å². The van der Waals surface area contributed by atoms with Crippen LogP contribution < -0.4 is 11.4 Å². The number of rotatable bonds is 2. The second kappa shape index (κ2) is 6.71. The lowest BCUT2D eigenvalue weighted by atomic mass is 10.3. The lowest BCUT2D eigenvalue weighted by Gasteiger charge is -2.14. The number of nitrogens with zero attached hydrogens (tertiary/aromatic N) is 4. The highest BCUT2D eigenvalue weighted by atomic mass is 35.5. The van der Waals surface area contributed by atoms with E-state index >= 15 is 0 Å². The smallest absolute Gasteiger partial charge is 0.322 e. The highest BCUT2D eigenvalue weighted by Gasteiger charge is 2.15. The third-order valence-corrected chi connectivity index (χ3v) is 2.87. The van der Waals surface area contributed by atoms with Crippen LogP contribution in [0.2, 0.25) is 0 Å². The van der Waals surface area contributed by atoms with Crippen LogP contribution in [0.15, 0.2) is 47.5 Å². The molecule has 1 unspecified atom stereocenters. The van der Waals surface area contributed by atoms with Crippen molar-refractivity contribution in [3.63, 3.8) is 0 Å². The molecule has 0 bridgehead atoms. The molecule has 1 atom stereocenters. The highest BCUT2D eigenvalue weighted by Crippen LogP contribution is 2.11. The average molecular weight is 328 g/mol. The molecule has 3 rings (SSSR count). The normalized spacial score (nSPS) is 11.5. The van der Waals surface area contributed by atoms with Gasteiger partial charge in [-0.25, -0.2) is 19.3 Å². The molecule has 112 valence electrons. The maximum atomic E-state index is 12.5. The van der Waals surface area contributed by atoms with Crippen LogP contribution in [-0.2, 0) is 0 Å². The minimum absolute atomic E-state index is 0. The minimum Gasteiger partial charge on any atom is -0.322 e. The van der Waals surface area contributed by atoms with Crippen LogP contribution in [0.3, 0.4) is 0 Å². The van der Waals surface area contributed by atoms with Gasteiger partial charge in [0.25, 0.3) is 0 Å². The first kappa shape index (κ1) is 17.2. The molecule has 0 fully saturated rings. The number of nitrogens with two attached hydrogens (primary N) is 1. The Bertz CT molecular complexity index is 782. The highest BCUT2D eigenvalue weighted by molar-refractivity contribution is 5.85. The van der Waals surface area contributed by atoms with Crippen LogP contribution in [0.4, 0.5) is 0 Å². The van der Waals surface area contributed by atoms with Gasteiger partial charge in [0.1, 0.15) is 17.3 Å². The van der Waals surface area contributed by atoms with E-state index in [0.717, 1.165) is 0 Å². The minimum atomic E-state index is -0.366. The molecule has 0 aliphatic carbocycles. The molecule has 3 heterocycles. The number of hydrogen-bond donors (Lipinski definition) is 1. The molecule has 0 spiro atoms. The van der Waals surface area contributed by atoms with E-state index in [1.54, 1.807) is 43.6 Å². The molecule has 6 nitrogen and oxygen atoms in total. The predicted molar refractivity (Wildman–Crippen MR) is 85.7 cm³/mol. The molecule has 0 radical (unpaired) electrons. The molecule has 2 N–H and O–H groups in total. The summed E-state index contributed by atoms with van der Waals surface area (Å²) in [6, 6.07) is 8.55. The average Bonchev–Trinajstić information content (AvgIpc) is 2.88. The predicted octanol–water partition coefficient (Wildman–Crippen LogP) is 1.74. The first-order chi connectivity index (χ1) is 9.18. The van der Waals surface area contributed by atoms with Crippen LogP contribution in [0, 0.1) is 0 Å². The monoisotopic (exact) mass is 327 g/mol. The Kier molecular flexibility index (Phi) is 5.48. The summed E-state index contributed by atoms with van der Waals surface area (Å²) in [6.07, 6.45) is 3.31. The Labute approximate surface area is 133 Å². The summed E-state index contributed by atoms with van der Waals surface area (Å²) in [6.45, 7) is 1.79. The third-order valence-electron chi connectivity index (χ3n) is 2.87. The maximum absolute atomic E-state index is 12.5. The van der Waals surface area contributed by atoms with Crippen molar-refractivity contribution in [2.75, 3.05) is 0 Å². The Hall–Kier alpha value is -1.89. The molecule has 21 heavy (non-hydrogen) atoms. The number of fused-ring (bicyclic) bond motifs is 1. The van der Waals surface area contributed by atoms with Crippen molar-refractivity contribution in [3.05, 3.63) is 59.0 Å². The molecule has 0 aromatic carbocycles. The lowest BCUT2D eigenvalue weighted by molar-refractivity contribution is 0.660. The van der Waals surface area contributed by atoms with E-state index in [9.17, 15) is 4.79 Å². The summed E-state index contributed by atoms with van der Waals surface area (Å²) in [4.78, 5) is 21.1. The molecule has 0 aliphatic heterocycles. The zero-order chi connectivity index (χ0) is 13.4. The summed E-state index contributed by atoms with van der Waals surface area (Å²) in [5.74, 6) is 1.01. The first-order valence-corrected chi connectivity index (χ1v) is 5.95. The zero-order valence-electron chi connectivity index (χ0n) is 11.2. The fourth-order valence-electron chi connectivity index (χ4n) is 2.00. The van der Waals surface area contributed by atoms with E-state index in [4.69, 9.17) is 5.73 Å². The molecule has 0 aliphatic rings. The zero-order valence-corrected chi connectivity index (χ0v) is 12.8.